The fourth-order valence-corrected chi connectivity index (χ4v) is 3.27. The van der Waals surface area contributed by atoms with Crippen molar-refractivity contribution in [2.75, 3.05) is 26.7 Å². The number of piperazine rings is 1. The minimum Gasteiger partial charge on any atom is -0.396 e. The summed E-state index contributed by atoms with van der Waals surface area (Å²) in [5, 5.41) is 9.15. The van der Waals surface area contributed by atoms with Gasteiger partial charge in [-0.2, -0.15) is 0 Å². The second-order valence-electron chi connectivity index (χ2n) is 5.81. The van der Waals surface area contributed by atoms with Crippen molar-refractivity contribution in [2.45, 2.75) is 50.7 Å². The van der Waals surface area contributed by atoms with Gasteiger partial charge in [0.2, 0.25) is 0 Å². The largest absolute Gasteiger partial charge is 0.396 e. The maximum absolute atomic E-state index is 9.15. The van der Waals surface area contributed by atoms with Gasteiger partial charge in [0.15, 0.2) is 0 Å². The first-order valence-corrected chi connectivity index (χ1v) is 6.12. The average Bonchev–Trinajstić information content (AvgIpc) is 2.85. The highest BCUT2D eigenvalue weighted by Crippen LogP contribution is 2.38. The molecular weight excluding hydrogens is 188 g/mol. The van der Waals surface area contributed by atoms with E-state index in [9.17, 15) is 0 Å². The number of hydrogen-bond donors (Lipinski definition) is 1. The normalized spacial score (nSPS) is 33.2. The molecule has 3 heteroatoms. The molecular formula is C12H24N2O. The molecule has 1 saturated carbocycles. The van der Waals surface area contributed by atoms with E-state index in [0.717, 1.165) is 25.6 Å². The minimum absolute atomic E-state index is 0.272. The van der Waals surface area contributed by atoms with Crippen LogP contribution in [0, 0.1) is 0 Å². The average molecular weight is 212 g/mol. The summed E-state index contributed by atoms with van der Waals surface area (Å²) in [4.78, 5) is 5.07. The zero-order chi connectivity index (χ0) is 11.1. The quantitative estimate of drug-likeness (QED) is 0.754. The number of aliphatic hydroxyl groups excluding tert-OH is 1. The molecule has 2 rings (SSSR count). The Morgan fingerprint density at radius 3 is 2.53 bits per heavy atom. The predicted molar refractivity (Wildman–Crippen MR) is 61.9 cm³/mol. The van der Waals surface area contributed by atoms with Crippen LogP contribution in [0.25, 0.3) is 0 Å². The summed E-state index contributed by atoms with van der Waals surface area (Å²) in [6.45, 7) is 7.25. The minimum atomic E-state index is 0.272. The second-order valence-corrected chi connectivity index (χ2v) is 5.81. The molecule has 2 aliphatic rings. The first-order valence-electron chi connectivity index (χ1n) is 6.12. The van der Waals surface area contributed by atoms with Crippen LogP contribution >= 0.6 is 0 Å². The third kappa shape index (κ3) is 2.35. The Bertz CT molecular complexity index is 226. The van der Waals surface area contributed by atoms with Gasteiger partial charge < -0.3 is 10.0 Å². The van der Waals surface area contributed by atoms with E-state index >= 15 is 0 Å². The molecule has 0 aromatic rings. The first kappa shape index (κ1) is 11.4. The van der Waals surface area contributed by atoms with Crippen molar-refractivity contribution < 1.29 is 5.11 Å². The fraction of sp³-hybridized carbons (Fsp3) is 1.00. The van der Waals surface area contributed by atoms with Crippen LogP contribution in [0.1, 0.15) is 33.1 Å². The highest BCUT2D eigenvalue weighted by molar-refractivity contribution is 5.01. The molecule has 1 heterocycles. The predicted octanol–water partition coefficient (Wildman–Crippen LogP) is 0.926. The van der Waals surface area contributed by atoms with E-state index in [2.05, 4.69) is 30.7 Å². The zero-order valence-electron chi connectivity index (χ0n) is 10.2. The summed E-state index contributed by atoms with van der Waals surface area (Å²) >= 11 is 0. The molecule has 3 nitrogen and oxygen atoms in total. The lowest BCUT2D eigenvalue weighted by Crippen LogP contribution is -2.63. The number of nitrogens with zero attached hydrogens (tertiary/aromatic N) is 2. The summed E-state index contributed by atoms with van der Waals surface area (Å²) in [6, 6.07) is 1.35. The Balaban J connectivity index is 2.11. The van der Waals surface area contributed by atoms with Gasteiger partial charge in [-0.05, 0) is 40.2 Å². The Labute approximate surface area is 93.1 Å². The van der Waals surface area contributed by atoms with Crippen LogP contribution in [0.5, 0.6) is 0 Å². The molecule has 1 aliphatic heterocycles. The van der Waals surface area contributed by atoms with Gasteiger partial charge in [0, 0.05) is 37.3 Å². The molecule has 0 bridgehead atoms. The second kappa shape index (κ2) is 4.04. The van der Waals surface area contributed by atoms with Gasteiger partial charge in [-0.1, -0.05) is 0 Å². The Morgan fingerprint density at radius 1 is 1.33 bits per heavy atom. The molecule has 0 amide bonds. The van der Waals surface area contributed by atoms with E-state index in [1.165, 1.54) is 12.8 Å². The standard InChI is InChI=1S/C12H24N2O/c1-12(2)9-13(3)8-11(6-7-15)14(12)10-4-5-10/h10-11,15H,4-9H2,1-3H3. The molecule has 1 N–H and O–H groups in total. The Hall–Kier alpha value is -0.120. The van der Waals surface area contributed by atoms with Crippen LogP contribution < -0.4 is 0 Å². The SMILES string of the molecule is CN1CC(CCO)N(C2CC2)C(C)(C)C1. The molecule has 1 atom stereocenters. The van der Waals surface area contributed by atoms with Crippen molar-refractivity contribution >= 4 is 0 Å². The van der Waals surface area contributed by atoms with Crippen molar-refractivity contribution in [3.63, 3.8) is 0 Å². The van der Waals surface area contributed by atoms with Crippen LogP contribution in [0.2, 0.25) is 0 Å². The van der Waals surface area contributed by atoms with Crippen molar-refractivity contribution in [1.29, 1.82) is 0 Å². The van der Waals surface area contributed by atoms with Crippen molar-refractivity contribution in [3.8, 4) is 0 Å². The summed E-state index contributed by atoms with van der Waals surface area (Å²) in [5.41, 5.74) is 0.272. The van der Waals surface area contributed by atoms with Crippen LogP contribution in [0.15, 0.2) is 0 Å². The smallest absolute Gasteiger partial charge is 0.0446 e. The molecule has 1 saturated heterocycles. The van der Waals surface area contributed by atoms with E-state index in [4.69, 9.17) is 5.11 Å². The summed E-state index contributed by atoms with van der Waals surface area (Å²) in [6.07, 6.45) is 3.63. The lowest BCUT2D eigenvalue weighted by Gasteiger charge is -2.51. The molecule has 2 fully saturated rings. The topological polar surface area (TPSA) is 26.7 Å². The number of aliphatic hydroxyl groups is 1. The third-order valence-electron chi connectivity index (χ3n) is 3.67. The molecule has 1 aliphatic carbocycles. The Morgan fingerprint density at radius 2 is 2.00 bits per heavy atom. The number of likely N-dealkylation sites (N-methyl/N-ethyl adjacent to an activating group) is 1. The van der Waals surface area contributed by atoms with Crippen LogP contribution in [0.3, 0.4) is 0 Å². The molecule has 0 radical (unpaired) electrons. The van der Waals surface area contributed by atoms with Gasteiger partial charge in [-0.3, -0.25) is 4.90 Å². The van der Waals surface area contributed by atoms with Crippen LogP contribution in [0.4, 0.5) is 0 Å². The highest BCUT2D eigenvalue weighted by atomic mass is 16.3. The number of hydrogen-bond acceptors (Lipinski definition) is 3. The van der Waals surface area contributed by atoms with Gasteiger partial charge in [0.25, 0.3) is 0 Å². The van der Waals surface area contributed by atoms with E-state index in [1.807, 2.05) is 0 Å². The molecule has 88 valence electrons. The summed E-state index contributed by atoms with van der Waals surface area (Å²) in [7, 11) is 2.19. The lowest BCUT2D eigenvalue weighted by molar-refractivity contribution is -0.0301. The molecule has 1 unspecified atom stereocenters. The molecule has 0 aromatic carbocycles. The maximum Gasteiger partial charge on any atom is 0.0446 e. The third-order valence-corrected chi connectivity index (χ3v) is 3.67. The lowest BCUT2D eigenvalue weighted by atomic mass is 9.93. The van der Waals surface area contributed by atoms with E-state index in [0.29, 0.717) is 12.6 Å². The summed E-state index contributed by atoms with van der Waals surface area (Å²) in [5.74, 6) is 0. The molecule has 15 heavy (non-hydrogen) atoms. The molecule has 0 spiro atoms. The maximum atomic E-state index is 9.15. The van der Waals surface area contributed by atoms with Crippen molar-refractivity contribution in [2.24, 2.45) is 0 Å². The van der Waals surface area contributed by atoms with Crippen LogP contribution in [-0.2, 0) is 0 Å². The highest BCUT2D eigenvalue weighted by Gasteiger charge is 2.45. The van der Waals surface area contributed by atoms with Crippen molar-refractivity contribution in [3.05, 3.63) is 0 Å². The van der Waals surface area contributed by atoms with E-state index < -0.39 is 0 Å². The van der Waals surface area contributed by atoms with E-state index in [1.54, 1.807) is 0 Å². The van der Waals surface area contributed by atoms with Gasteiger partial charge >= 0.3 is 0 Å². The van der Waals surface area contributed by atoms with Gasteiger partial charge in [-0.25, -0.2) is 0 Å². The zero-order valence-corrected chi connectivity index (χ0v) is 10.2. The number of rotatable bonds is 3. The van der Waals surface area contributed by atoms with Crippen molar-refractivity contribution in [1.82, 2.24) is 9.80 Å². The first-order chi connectivity index (χ1) is 7.04. The van der Waals surface area contributed by atoms with E-state index in [-0.39, 0.29) is 5.54 Å². The van der Waals surface area contributed by atoms with Crippen LogP contribution in [-0.4, -0.2) is 59.3 Å². The fourth-order valence-electron chi connectivity index (χ4n) is 3.27. The van der Waals surface area contributed by atoms with Gasteiger partial charge in [0.1, 0.15) is 0 Å². The summed E-state index contributed by atoms with van der Waals surface area (Å²) < 4.78 is 0. The molecule has 0 aromatic heterocycles. The Kier molecular flexibility index (Phi) is 3.06. The van der Waals surface area contributed by atoms with Gasteiger partial charge in [-0.15, -0.1) is 0 Å². The monoisotopic (exact) mass is 212 g/mol. The van der Waals surface area contributed by atoms with Gasteiger partial charge in [0.05, 0.1) is 0 Å².